The summed E-state index contributed by atoms with van der Waals surface area (Å²) in [5.41, 5.74) is -0.615. The van der Waals surface area contributed by atoms with E-state index in [0.29, 0.717) is 17.9 Å². The lowest BCUT2D eigenvalue weighted by Gasteiger charge is -2.25. The van der Waals surface area contributed by atoms with E-state index >= 15 is 0 Å². The quantitative estimate of drug-likeness (QED) is 0.834. The number of aromatic carboxylic acids is 1. The fourth-order valence-corrected chi connectivity index (χ4v) is 1.59. The normalized spacial score (nSPS) is 13.4. The molecule has 0 bridgehead atoms. The van der Waals surface area contributed by atoms with Crippen LogP contribution in [0.25, 0.3) is 0 Å². The van der Waals surface area contributed by atoms with Crippen LogP contribution in [0.15, 0.2) is 18.2 Å². The number of benzene rings is 1. The Morgan fingerprint density at radius 3 is 2.45 bits per heavy atom. The second-order valence-electron chi connectivity index (χ2n) is 4.46. The monoisotopic (exact) mass is 281 g/mol. The number of hydrogen-bond acceptors (Lipinski definition) is 4. The van der Waals surface area contributed by atoms with Crippen molar-refractivity contribution in [2.45, 2.75) is 25.9 Å². The zero-order valence-electron chi connectivity index (χ0n) is 12.0. The summed E-state index contributed by atoms with van der Waals surface area (Å²) in [4.78, 5) is 23.2. The topological polar surface area (TPSA) is 84.9 Å². The molecule has 0 saturated carbocycles. The van der Waals surface area contributed by atoms with E-state index in [1.807, 2.05) is 6.92 Å². The number of carbonyl (C=O) groups excluding carboxylic acids is 1. The van der Waals surface area contributed by atoms with Gasteiger partial charge in [0.1, 0.15) is 11.4 Å². The summed E-state index contributed by atoms with van der Waals surface area (Å²) in [7, 11) is 2.90. The van der Waals surface area contributed by atoms with Crippen LogP contribution in [0.2, 0.25) is 0 Å². The van der Waals surface area contributed by atoms with Gasteiger partial charge in [-0.15, -0.1) is 0 Å². The molecule has 1 atom stereocenters. The van der Waals surface area contributed by atoms with Crippen molar-refractivity contribution in [3.05, 3.63) is 23.8 Å². The minimum Gasteiger partial charge on any atom is -0.495 e. The molecule has 6 nitrogen and oxygen atoms in total. The summed E-state index contributed by atoms with van der Waals surface area (Å²) < 4.78 is 10.3. The number of amides is 1. The van der Waals surface area contributed by atoms with Gasteiger partial charge in [0.2, 0.25) is 0 Å². The van der Waals surface area contributed by atoms with Gasteiger partial charge in [0, 0.05) is 7.11 Å². The maximum atomic E-state index is 12.2. The van der Waals surface area contributed by atoms with Crippen molar-refractivity contribution in [1.29, 1.82) is 0 Å². The maximum absolute atomic E-state index is 12.2. The van der Waals surface area contributed by atoms with Crippen molar-refractivity contribution in [3.8, 4) is 5.75 Å². The molecule has 110 valence electrons. The van der Waals surface area contributed by atoms with Crippen molar-refractivity contribution in [3.63, 3.8) is 0 Å². The number of anilines is 1. The fraction of sp³-hybridized carbons (Fsp3) is 0.429. The molecule has 0 aliphatic heterocycles. The molecule has 0 saturated heterocycles. The summed E-state index contributed by atoms with van der Waals surface area (Å²) >= 11 is 0. The third-order valence-electron chi connectivity index (χ3n) is 3.30. The summed E-state index contributed by atoms with van der Waals surface area (Å²) in [5, 5.41) is 11.6. The van der Waals surface area contributed by atoms with Crippen LogP contribution in [0, 0.1) is 0 Å². The van der Waals surface area contributed by atoms with E-state index in [1.54, 1.807) is 6.92 Å². The second kappa shape index (κ2) is 6.38. The van der Waals surface area contributed by atoms with Gasteiger partial charge in [-0.3, -0.25) is 4.79 Å². The van der Waals surface area contributed by atoms with E-state index < -0.39 is 11.6 Å². The van der Waals surface area contributed by atoms with Gasteiger partial charge in [0.05, 0.1) is 18.4 Å². The van der Waals surface area contributed by atoms with Crippen molar-refractivity contribution in [2.24, 2.45) is 0 Å². The lowest BCUT2D eigenvalue weighted by atomic mass is 10.0. The number of nitrogens with one attached hydrogen (secondary N) is 1. The minimum atomic E-state index is -1.08. The molecule has 0 heterocycles. The predicted octanol–water partition coefficient (Wildman–Crippen LogP) is 2.15. The Hall–Kier alpha value is -2.08. The molecule has 1 aromatic carbocycles. The van der Waals surface area contributed by atoms with Gasteiger partial charge < -0.3 is 19.9 Å². The van der Waals surface area contributed by atoms with E-state index in [1.165, 1.54) is 32.4 Å². The number of rotatable bonds is 6. The standard InChI is InChI=1S/C14H19NO5/c1-5-14(2,20-4)13(18)15-10-8-9(12(16)17)6-7-11(10)19-3/h6-8H,5H2,1-4H3,(H,15,18)(H,16,17). The molecule has 20 heavy (non-hydrogen) atoms. The van der Waals surface area contributed by atoms with Crippen LogP contribution < -0.4 is 10.1 Å². The summed E-state index contributed by atoms with van der Waals surface area (Å²) in [6.45, 7) is 3.49. The molecule has 0 aliphatic rings. The minimum absolute atomic E-state index is 0.0664. The number of carboxylic acids is 1. The van der Waals surface area contributed by atoms with Gasteiger partial charge in [-0.2, -0.15) is 0 Å². The summed E-state index contributed by atoms with van der Waals surface area (Å²) in [5.74, 6) is -1.05. The average Bonchev–Trinajstić information content (AvgIpc) is 2.46. The molecule has 1 amide bonds. The highest BCUT2D eigenvalue weighted by molar-refractivity contribution is 5.99. The molecular formula is C14H19NO5. The molecule has 0 fully saturated rings. The lowest BCUT2D eigenvalue weighted by molar-refractivity contribution is -0.136. The van der Waals surface area contributed by atoms with Crippen molar-refractivity contribution < 1.29 is 24.2 Å². The molecule has 0 aliphatic carbocycles. The fourth-order valence-electron chi connectivity index (χ4n) is 1.59. The third kappa shape index (κ3) is 3.27. The Balaban J connectivity index is 3.10. The first-order valence-electron chi connectivity index (χ1n) is 6.16. The number of carboxylic acid groups (broad SMARTS) is 1. The largest absolute Gasteiger partial charge is 0.495 e. The Kier molecular flexibility index (Phi) is 5.10. The highest BCUT2D eigenvalue weighted by atomic mass is 16.5. The van der Waals surface area contributed by atoms with Gasteiger partial charge in [-0.1, -0.05) is 6.92 Å². The summed E-state index contributed by atoms with van der Waals surface area (Å²) in [6.07, 6.45) is 0.482. The first-order valence-corrected chi connectivity index (χ1v) is 6.16. The molecule has 0 radical (unpaired) electrons. The van der Waals surface area contributed by atoms with Crippen molar-refractivity contribution >= 4 is 17.6 Å². The number of carbonyl (C=O) groups is 2. The molecule has 1 unspecified atom stereocenters. The van der Waals surface area contributed by atoms with Crippen molar-refractivity contribution in [2.75, 3.05) is 19.5 Å². The van der Waals surface area contributed by atoms with Crippen LogP contribution in [-0.4, -0.2) is 36.8 Å². The van der Waals surface area contributed by atoms with E-state index in [4.69, 9.17) is 14.6 Å². The van der Waals surface area contributed by atoms with E-state index in [9.17, 15) is 9.59 Å². The van der Waals surface area contributed by atoms with Crippen LogP contribution in [-0.2, 0) is 9.53 Å². The molecular weight excluding hydrogens is 262 g/mol. The Labute approximate surface area is 117 Å². The first kappa shape index (κ1) is 16.0. The predicted molar refractivity (Wildman–Crippen MR) is 74.3 cm³/mol. The SMILES string of the molecule is CCC(C)(OC)C(=O)Nc1cc(C(=O)O)ccc1OC. The van der Waals surface area contributed by atoms with Gasteiger partial charge in [-0.25, -0.2) is 4.79 Å². The Morgan fingerprint density at radius 1 is 1.35 bits per heavy atom. The molecule has 1 aromatic rings. The zero-order valence-corrected chi connectivity index (χ0v) is 12.0. The van der Waals surface area contributed by atoms with Crippen LogP contribution >= 0.6 is 0 Å². The number of ether oxygens (including phenoxy) is 2. The third-order valence-corrected chi connectivity index (χ3v) is 3.30. The lowest BCUT2D eigenvalue weighted by Crippen LogP contribution is -2.41. The number of hydrogen-bond donors (Lipinski definition) is 2. The maximum Gasteiger partial charge on any atom is 0.335 e. The zero-order chi connectivity index (χ0) is 15.3. The molecule has 6 heteroatoms. The Bertz CT molecular complexity index is 508. The van der Waals surface area contributed by atoms with Crippen LogP contribution in [0.5, 0.6) is 5.75 Å². The van der Waals surface area contributed by atoms with Gasteiger partial charge >= 0.3 is 5.97 Å². The van der Waals surface area contributed by atoms with E-state index in [2.05, 4.69) is 5.32 Å². The van der Waals surface area contributed by atoms with E-state index in [-0.39, 0.29) is 11.5 Å². The van der Waals surface area contributed by atoms with E-state index in [0.717, 1.165) is 0 Å². The smallest absolute Gasteiger partial charge is 0.335 e. The highest BCUT2D eigenvalue weighted by Gasteiger charge is 2.31. The summed E-state index contributed by atoms with van der Waals surface area (Å²) in [6, 6.07) is 4.26. The average molecular weight is 281 g/mol. The van der Waals surface area contributed by atoms with Crippen LogP contribution in [0.4, 0.5) is 5.69 Å². The van der Waals surface area contributed by atoms with Gasteiger partial charge in [0.25, 0.3) is 5.91 Å². The van der Waals surface area contributed by atoms with Crippen LogP contribution in [0.3, 0.4) is 0 Å². The van der Waals surface area contributed by atoms with Crippen molar-refractivity contribution in [1.82, 2.24) is 0 Å². The molecule has 0 aromatic heterocycles. The van der Waals surface area contributed by atoms with Crippen LogP contribution in [0.1, 0.15) is 30.6 Å². The van der Waals surface area contributed by atoms with Gasteiger partial charge in [-0.05, 0) is 31.5 Å². The highest BCUT2D eigenvalue weighted by Crippen LogP contribution is 2.27. The molecule has 0 spiro atoms. The first-order chi connectivity index (χ1) is 9.37. The molecule has 1 rings (SSSR count). The second-order valence-corrected chi connectivity index (χ2v) is 4.46. The number of methoxy groups -OCH3 is 2. The van der Waals surface area contributed by atoms with Gasteiger partial charge in [0.15, 0.2) is 0 Å². The molecule has 2 N–H and O–H groups in total. The Morgan fingerprint density at radius 2 is 2.00 bits per heavy atom.